The molecule has 4 aliphatic rings. The lowest BCUT2D eigenvalue weighted by Gasteiger charge is -2.56. The van der Waals surface area contributed by atoms with E-state index in [4.69, 9.17) is 5.10 Å². The number of hydrogen-bond donors (Lipinski definition) is 1. The molecule has 4 fully saturated rings. The van der Waals surface area contributed by atoms with Crippen LogP contribution in [0.25, 0.3) is 5.69 Å². The minimum atomic E-state index is 0.230. The summed E-state index contributed by atoms with van der Waals surface area (Å²) in [5.74, 6) is 2.92. The molecule has 4 nitrogen and oxygen atoms in total. The Morgan fingerprint density at radius 1 is 1.07 bits per heavy atom. The average molecular weight is 378 g/mol. The van der Waals surface area contributed by atoms with Crippen molar-refractivity contribution < 1.29 is 4.79 Å². The van der Waals surface area contributed by atoms with E-state index < -0.39 is 0 Å². The third-order valence-electron chi connectivity index (χ3n) is 7.60. The number of benzene rings is 1. The summed E-state index contributed by atoms with van der Waals surface area (Å²) in [6, 6.07) is 10.2. The number of para-hydroxylation sites is 1. The van der Waals surface area contributed by atoms with Crippen LogP contribution in [0.5, 0.6) is 0 Å². The molecular weight excluding hydrogens is 346 g/mol. The van der Waals surface area contributed by atoms with Gasteiger partial charge in [-0.1, -0.05) is 18.2 Å². The molecule has 28 heavy (non-hydrogen) atoms. The molecule has 0 atom stereocenters. The minimum Gasteiger partial charge on any atom is -0.352 e. The molecule has 2 aromatic rings. The van der Waals surface area contributed by atoms with Gasteiger partial charge in [0, 0.05) is 24.2 Å². The van der Waals surface area contributed by atoms with Gasteiger partial charge in [-0.3, -0.25) is 4.79 Å². The van der Waals surface area contributed by atoms with E-state index in [2.05, 4.69) is 24.4 Å². The topological polar surface area (TPSA) is 46.9 Å². The molecule has 4 aliphatic carbocycles. The zero-order valence-electron chi connectivity index (χ0n) is 17.1. The van der Waals surface area contributed by atoms with Crippen LogP contribution in [0.4, 0.5) is 0 Å². The predicted molar refractivity (Wildman–Crippen MR) is 110 cm³/mol. The van der Waals surface area contributed by atoms with Crippen LogP contribution in [0.1, 0.15) is 61.9 Å². The number of amides is 1. The van der Waals surface area contributed by atoms with Crippen molar-refractivity contribution in [3.05, 3.63) is 47.3 Å². The summed E-state index contributed by atoms with van der Waals surface area (Å²) in [7, 11) is 0. The minimum absolute atomic E-state index is 0.230. The normalized spacial score (nSPS) is 30.6. The van der Waals surface area contributed by atoms with Gasteiger partial charge in [-0.25, -0.2) is 4.68 Å². The second-order valence-electron chi connectivity index (χ2n) is 9.77. The first kappa shape index (κ1) is 18.0. The average Bonchev–Trinajstić information content (AvgIpc) is 2.93. The van der Waals surface area contributed by atoms with E-state index in [9.17, 15) is 4.79 Å². The number of nitrogens with zero attached hydrogens (tertiary/aromatic N) is 2. The van der Waals surface area contributed by atoms with Crippen molar-refractivity contribution in [1.82, 2.24) is 15.1 Å². The first-order valence-corrected chi connectivity index (χ1v) is 10.9. The van der Waals surface area contributed by atoms with Crippen molar-refractivity contribution in [3.8, 4) is 5.69 Å². The van der Waals surface area contributed by atoms with E-state index >= 15 is 0 Å². The van der Waals surface area contributed by atoms with Crippen LogP contribution in [-0.4, -0.2) is 15.7 Å². The van der Waals surface area contributed by atoms with Crippen LogP contribution in [0.3, 0.4) is 0 Å². The van der Waals surface area contributed by atoms with E-state index in [0.29, 0.717) is 12.0 Å². The molecule has 0 saturated heterocycles. The molecule has 0 spiro atoms. The Hall–Kier alpha value is -2.10. The third-order valence-corrected chi connectivity index (χ3v) is 7.60. The molecule has 0 radical (unpaired) electrons. The number of rotatable bonds is 5. The molecule has 0 unspecified atom stereocenters. The van der Waals surface area contributed by atoms with Crippen molar-refractivity contribution >= 4 is 5.91 Å². The van der Waals surface area contributed by atoms with Crippen LogP contribution >= 0.6 is 0 Å². The fourth-order valence-electron chi connectivity index (χ4n) is 6.85. The first-order valence-electron chi connectivity index (χ1n) is 10.9. The maximum atomic E-state index is 12.9. The van der Waals surface area contributed by atoms with Crippen molar-refractivity contribution in [1.29, 1.82) is 0 Å². The molecule has 1 aromatic carbocycles. The lowest BCUT2D eigenvalue weighted by molar-refractivity contribution is -0.129. The molecule has 1 N–H and O–H groups in total. The van der Waals surface area contributed by atoms with Gasteiger partial charge in [-0.2, -0.15) is 5.10 Å². The van der Waals surface area contributed by atoms with Crippen LogP contribution in [0.15, 0.2) is 30.3 Å². The monoisotopic (exact) mass is 377 g/mol. The summed E-state index contributed by atoms with van der Waals surface area (Å²) in [4.78, 5) is 12.9. The molecule has 0 aliphatic heterocycles. The summed E-state index contributed by atoms with van der Waals surface area (Å²) < 4.78 is 1.98. The fourth-order valence-corrected chi connectivity index (χ4v) is 6.85. The van der Waals surface area contributed by atoms with Gasteiger partial charge in [0.25, 0.3) is 0 Å². The van der Waals surface area contributed by atoms with Gasteiger partial charge in [0.15, 0.2) is 0 Å². The maximum absolute atomic E-state index is 12.9. The highest BCUT2D eigenvalue weighted by molar-refractivity contribution is 5.76. The molecule has 1 aromatic heterocycles. The van der Waals surface area contributed by atoms with Gasteiger partial charge in [-0.15, -0.1) is 0 Å². The lowest BCUT2D eigenvalue weighted by Crippen LogP contribution is -2.48. The van der Waals surface area contributed by atoms with E-state index in [1.54, 1.807) is 0 Å². The summed E-state index contributed by atoms with van der Waals surface area (Å²) in [6.45, 7) is 4.70. The smallest absolute Gasteiger partial charge is 0.220 e. The lowest BCUT2D eigenvalue weighted by atomic mass is 9.49. The molecule has 148 valence electrons. The number of aromatic nitrogens is 2. The number of carbonyl (C=O) groups is 1. The van der Waals surface area contributed by atoms with Crippen LogP contribution < -0.4 is 5.32 Å². The first-order chi connectivity index (χ1) is 13.5. The molecule has 1 heterocycles. The van der Waals surface area contributed by atoms with Crippen molar-refractivity contribution in [2.45, 2.75) is 65.3 Å². The Morgan fingerprint density at radius 3 is 2.29 bits per heavy atom. The van der Waals surface area contributed by atoms with E-state index in [-0.39, 0.29) is 5.91 Å². The van der Waals surface area contributed by atoms with Gasteiger partial charge < -0.3 is 5.32 Å². The highest BCUT2D eigenvalue weighted by Crippen LogP contribution is 2.61. The quantitative estimate of drug-likeness (QED) is 0.820. The second-order valence-corrected chi connectivity index (χ2v) is 9.77. The van der Waals surface area contributed by atoms with Gasteiger partial charge in [0.1, 0.15) is 0 Å². The van der Waals surface area contributed by atoms with Crippen LogP contribution in [0.2, 0.25) is 0 Å². The van der Waals surface area contributed by atoms with Crippen molar-refractivity contribution in [2.75, 3.05) is 0 Å². The Bertz CT molecular complexity index is 847. The summed E-state index contributed by atoms with van der Waals surface area (Å²) in [5.41, 5.74) is 4.61. The van der Waals surface area contributed by atoms with Crippen molar-refractivity contribution in [3.63, 3.8) is 0 Å². The zero-order chi connectivity index (χ0) is 19.3. The molecule has 4 heteroatoms. The Labute approximate surface area is 167 Å². The highest BCUT2D eigenvalue weighted by Gasteiger charge is 2.51. The van der Waals surface area contributed by atoms with E-state index in [1.165, 1.54) is 38.5 Å². The van der Waals surface area contributed by atoms with Gasteiger partial charge >= 0.3 is 0 Å². The summed E-state index contributed by atoms with van der Waals surface area (Å²) in [5, 5.41) is 7.93. The Kier molecular flexibility index (Phi) is 4.33. The van der Waals surface area contributed by atoms with E-state index in [0.717, 1.165) is 46.8 Å². The molecule has 4 bridgehead atoms. The molecule has 6 rings (SSSR count). The number of aryl methyl sites for hydroxylation is 1. The largest absolute Gasteiger partial charge is 0.352 e. The standard InChI is InChI=1S/C24H31N3O/c1-16-22(17(2)27(26-16)21-6-4-3-5-7-21)15-25-23(28)14-24-11-18-8-19(12-24)10-20(9-18)13-24/h3-7,18-20H,8-15H2,1-2H3,(H,25,28). The number of nitrogens with one attached hydrogen (secondary N) is 1. The number of carbonyl (C=O) groups excluding carboxylic acids is 1. The maximum Gasteiger partial charge on any atom is 0.220 e. The molecule has 1 amide bonds. The van der Waals surface area contributed by atoms with E-state index in [1.807, 2.05) is 29.8 Å². The fraction of sp³-hybridized carbons (Fsp3) is 0.583. The van der Waals surface area contributed by atoms with Gasteiger partial charge in [0.05, 0.1) is 11.4 Å². The SMILES string of the molecule is Cc1nn(-c2ccccc2)c(C)c1CNC(=O)CC12CC3CC(CC(C3)C1)C2. The predicted octanol–water partition coefficient (Wildman–Crippen LogP) is 4.71. The van der Waals surface area contributed by atoms with Gasteiger partial charge in [0.2, 0.25) is 5.91 Å². The second kappa shape index (κ2) is 6.75. The zero-order valence-corrected chi connectivity index (χ0v) is 17.1. The Balaban J connectivity index is 1.26. The van der Waals surface area contributed by atoms with Crippen LogP contribution in [0, 0.1) is 37.0 Å². The summed E-state index contributed by atoms with van der Waals surface area (Å²) in [6.07, 6.45) is 8.87. The molecule has 4 saturated carbocycles. The molecular formula is C24H31N3O. The summed E-state index contributed by atoms with van der Waals surface area (Å²) >= 11 is 0. The third kappa shape index (κ3) is 3.17. The highest BCUT2D eigenvalue weighted by atomic mass is 16.1. The number of hydrogen-bond acceptors (Lipinski definition) is 2. The van der Waals surface area contributed by atoms with Crippen LogP contribution in [-0.2, 0) is 11.3 Å². The van der Waals surface area contributed by atoms with Gasteiger partial charge in [-0.05, 0) is 87.7 Å². The van der Waals surface area contributed by atoms with Crippen molar-refractivity contribution in [2.24, 2.45) is 23.2 Å². The Morgan fingerprint density at radius 2 is 1.68 bits per heavy atom.